The lowest BCUT2D eigenvalue weighted by molar-refractivity contribution is 0.417. The van der Waals surface area contributed by atoms with E-state index in [2.05, 4.69) is 28.1 Å². The largest absolute Gasteiger partial charge is 0.314 e. The summed E-state index contributed by atoms with van der Waals surface area (Å²) in [5.74, 6) is 0.756. The first kappa shape index (κ1) is 11.6. The number of aryl methyl sites for hydroxylation is 1. The van der Waals surface area contributed by atoms with Crippen molar-refractivity contribution in [1.82, 2.24) is 15.1 Å². The van der Waals surface area contributed by atoms with Gasteiger partial charge in [-0.2, -0.15) is 5.10 Å². The van der Waals surface area contributed by atoms with Crippen molar-refractivity contribution in [3.05, 3.63) is 17.5 Å². The third kappa shape index (κ3) is 2.46. The molecule has 0 saturated heterocycles. The second-order valence-electron chi connectivity index (χ2n) is 4.74. The Labute approximate surface area is 98.2 Å². The Bertz CT molecular complexity index is 324. The summed E-state index contributed by atoms with van der Waals surface area (Å²) in [4.78, 5) is 0. The molecule has 0 spiro atoms. The predicted molar refractivity (Wildman–Crippen MR) is 66.5 cm³/mol. The molecular weight excluding hydrogens is 198 g/mol. The average molecular weight is 221 g/mol. The Morgan fingerprint density at radius 2 is 2.12 bits per heavy atom. The second kappa shape index (κ2) is 5.48. The molecule has 0 radical (unpaired) electrons. The van der Waals surface area contributed by atoms with Gasteiger partial charge in [0.1, 0.15) is 0 Å². The summed E-state index contributed by atoms with van der Waals surface area (Å²) in [5, 5.41) is 7.82. The first-order chi connectivity index (χ1) is 7.85. The SMILES string of the molecule is CCn1nc(CNC)cc1C1CCCCC1. The van der Waals surface area contributed by atoms with Crippen molar-refractivity contribution < 1.29 is 0 Å². The molecule has 0 unspecified atom stereocenters. The van der Waals surface area contributed by atoms with Crippen molar-refractivity contribution in [2.75, 3.05) is 7.05 Å². The van der Waals surface area contributed by atoms with E-state index in [4.69, 9.17) is 0 Å². The molecule has 3 heteroatoms. The molecule has 0 atom stereocenters. The molecule has 90 valence electrons. The van der Waals surface area contributed by atoms with E-state index in [1.54, 1.807) is 0 Å². The molecule has 2 rings (SSSR count). The number of hydrogen-bond acceptors (Lipinski definition) is 2. The van der Waals surface area contributed by atoms with E-state index in [0.29, 0.717) is 0 Å². The van der Waals surface area contributed by atoms with Crippen LogP contribution in [0.5, 0.6) is 0 Å². The van der Waals surface area contributed by atoms with E-state index in [0.717, 1.165) is 19.0 Å². The Hall–Kier alpha value is -0.830. The molecule has 0 aliphatic heterocycles. The number of nitrogens with one attached hydrogen (secondary N) is 1. The van der Waals surface area contributed by atoms with Crippen molar-refractivity contribution >= 4 is 0 Å². The molecule has 1 heterocycles. The van der Waals surface area contributed by atoms with Gasteiger partial charge in [-0.25, -0.2) is 0 Å². The van der Waals surface area contributed by atoms with E-state index < -0.39 is 0 Å². The molecule has 1 aromatic heterocycles. The van der Waals surface area contributed by atoms with Gasteiger partial charge in [0.15, 0.2) is 0 Å². The third-order valence-electron chi connectivity index (χ3n) is 3.54. The minimum Gasteiger partial charge on any atom is -0.314 e. The summed E-state index contributed by atoms with van der Waals surface area (Å²) in [6.07, 6.45) is 6.90. The van der Waals surface area contributed by atoms with Crippen molar-refractivity contribution in [3.63, 3.8) is 0 Å². The lowest BCUT2D eigenvalue weighted by Gasteiger charge is -2.22. The van der Waals surface area contributed by atoms with Gasteiger partial charge in [0, 0.05) is 24.7 Å². The minimum absolute atomic E-state index is 0.756. The molecule has 1 N–H and O–H groups in total. The van der Waals surface area contributed by atoms with Crippen LogP contribution < -0.4 is 5.32 Å². The number of rotatable bonds is 4. The Morgan fingerprint density at radius 1 is 1.38 bits per heavy atom. The zero-order valence-electron chi connectivity index (χ0n) is 10.5. The van der Waals surface area contributed by atoms with Crippen molar-refractivity contribution in [2.24, 2.45) is 0 Å². The fourth-order valence-electron chi connectivity index (χ4n) is 2.73. The standard InChI is InChI=1S/C13H23N3/c1-3-16-13(9-12(15-16)10-14-2)11-7-5-4-6-8-11/h9,11,14H,3-8,10H2,1-2H3. The minimum atomic E-state index is 0.756. The van der Waals surface area contributed by atoms with Crippen LogP contribution in [-0.4, -0.2) is 16.8 Å². The van der Waals surface area contributed by atoms with Crippen LogP contribution in [0.2, 0.25) is 0 Å². The molecule has 1 saturated carbocycles. The monoisotopic (exact) mass is 221 g/mol. The quantitative estimate of drug-likeness (QED) is 0.847. The van der Waals surface area contributed by atoms with Crippen LogP contribution >= 0.6 is 0 Å². The van der Waals surface area contributed by atoms with Crippen LogP contribution in [0, 0.1) is 0 Å². The summed E-state index contributed by atoms with van der Waals surface area (Å²) in [6.45, 7) is 4.06. The topological polar surface area (TPSA) is 29.9 Å². The maximum absolute atomic E-state index is 4.65. The van der Waals surface area contributed by atoms with Gasteiger partial charge >= 0.3 is 0 Å². The Kier molecular flexibility index (Phi) is 3.99. The van der Waals surface area contributed by atoms with Crippen LogP contribution in [-0.2, 0) is 13.1 Å². The highest BCUT2D eigenvalue weighted by Gasteiger charge is 2.19. The van der Waals surface area contributed by atoms with E-state index in [1.807, 2.05) is 7.05 Å². The van der Waals surface area contributed by atoms with Crippen LogP contribution in [0.25, 0.3) is 0 Å². The molecule has 1 aromatic rings. The molecule has 16 heavy (non-hydrogen) atoms. The fourth-order valence-corrected chi connectivity index (χ4v) is 2.73. The summed E-state index contributed by atoms with van der Waals surface area (Å²) >= 11 is 0. The summed E-state index contributed by atoms with van der Waals surface area (Å²) in [6, 6.07) is 2.30. The number of aromatic nitrogens is 2. The maximum Gasteiger partial charge on any atom is 0.0765 e. The van der Waals surface area contributed by atoms with Gasteiger partial charge in [0.25, 0.3) is 0 Å². The molecule has 0 aromatic carbocycles. The summed E-state index contributed by atoms with van der Waals surface area (Å²) in [7, 11) is 1.98. The zero-order valence-corrected chi connectivity index (χ0v) is 10.5. The smallest absolute Gasteiger partial charge is 0.0765 e. The van der Waals surface area contributed by atoms with Gasteiger partial charge in [-0.3, -0.25) is 4.68 Å². The van der Waals surface area contributed by atoms with Crippen LogP contribution in [0.1, 0.15) is 56.3 Å². The average Bonchev–Trinajstić information content (AvgIpc) is 2.74. The van der Waals surface area contributed by atoms with E-state index in [9.17, 15) is 0 Å². The van der Waals surface area contributed by atoms with Gasteiger partial charge in [0.2, 0.25) is 0 Å². The summed E-state index contributed by atoms with van der Waals surface area (Å²) in [5.41, 5.74) is 2.65. The first-order valence-electron chi connectivity index (χ1n) is 6.56. The number of nitrogens with zero attached hydrogens (tertiary/aromatic N) is 2. The van der Waals surface area contributed by atoms with Crippen molar-refractivity contribution in [1.29, 1.82) is 0 Å². The maximum atomic E-state index is 4.65. The van der Waals surface area contributed by atoms with Gasteiger partial charge < -0.3 is 5.32 Å². The van der Waals surface area contributed by atoms with Gasteiger partial charge in [0.05, 0.1) is 5.69 Å². The third-order valence-corrected chi connectivity index (χ3v) is 3.54. The van der Waals surface area contributed by atoms with E-state index in [-0.39, 0.29) is 0 Å². The lowest BCUT2D eigenvalue weighted by Crippen LogP contribution is -2.11. The van der Waals surface area contributed by atoms with Crippen LogP contribution in [0.3, 0.4) is 0 Å². The molecule has 0 amide bonds. The highest BCUT2D eigenvalue weighted by molar-refractivity contribution is 5.15. The van der Waals surface area contributed by atoms with Crippen molar-refractivity contribution in [2.45, 2.75) is 58.0 Å². The Morgan fingerprint density at radius 3 is 2.75 bits per heavy atom. The van der Waals surface area contributed by atoms with Crippen LogP contribution in [0.4, 0.5) is 0 Å². The predicted octanol–water partition coefficient (Wildman–Crippen LogP) is 2.67. The van der Waals surface area contributed by atoms with E-state index in [1.165, 1.54) is 43.5 Å². The normalized spacial score (nSPS) is 17.9. The highest BCUT2D eigenvalue weighted by atomic mass is 15.3. The molecule has 1 aliphatic rings. The molecular formula is C13H23N3. The highest BCUT2D eigenvalue weighted by Crippen LogP contribution is 2.32. The lowest BCUT2D eigenvalue weighted by atomic mass is 9.87. The first-order valence-corrected chi connectivity index (χ1v) is 6.56. The van der Waals surface area contributed by atoms with Crippen LogP contribution in [0.15, 0.2) is 6.07 Å². The zero-order chi connectivity index (χ0) is 11.4. The van der Waals surface area contributed by atoms with E-state index >= 15 is 0 Å². The molecule has 1 fully saturated rings. The molecule has 3 nitrogen and oxygen atoms in total. The fraction of sp³-hybridized carbons (Fsp3) is 0.769. The van der Waals surface area contributed by atoms with Gasteiger partial charge in [-0.1, -0.05) is 19.3 Å². The summed E-state index contributed by atoms with van der Waals surface area (Å²) < 4.78 is 2.20. The van der Waals surface area contributed by atoms with Crippen molar-refractivity contribution in [3.8, 4) is 0 Å². The number of hydrogen-bond donors (Lipinski definition) is 1. The second-order valence-corrected chi connectivity index (χ2v) is 4.74. The molecule has 1 aliphatic carbocycles. The molecule has 0 bridgehead atoms. The Balaban J connectivity index is 2.16. The van der Waals surface area contributed by atoms with Gasteiger partial charge in [-0.05, 0) is 32.9 Å². The van der Waals surface area contributed by atoms with Gasteiger partial charge in [-0.15, -0.1) is 0 Å².